The topological polar surface area (TPSA) is 62.5 Å². The lowest BCUT2D eigenvalue weighted by molar-refractivity contribution is -0.147. The minimum Gasteiger partial charge on any atom is -0.481 e. The van der Waals surface area contributed by atoms with Gasteiger partial charge in [-0.3, -0.25) is 4.79 Å². The molecule has 0 aliphatic rings. The Morgan fingerprint density at radius 3 is 2.89 bits per heavy atom. The second-order valence-electron chi connectivity index (χ2n) is 5.41. The van der Waals surface area contributed by atoms with Crippen LogP contribution in [-0.2, 0) is 11.3 Å². The van der Waals surface area contributed by atoms with E-state index in [2.05, 4.69) is 11.4 Å². The van der Waals surface area contributed by atoms with E-state index in [4.69, 9.17) is 9.52 Å². The first-order valence-corrected chi connectivity index (χ1v) is 6.39. The Morgan fingerprint density at radius 2 is 2.16 bits per heavy atom. The van der Waals surface area contributed by atoms with Gasteiger partial charge >= 0.3 is 5.97 Å². The SMILES string of the molecule is CC(C)(CCNCc1ccc2occc2c1)C(=O)O. The number of hydrogen-bond donors (Lipinski definition) is 2. The average molecular weight is 261 g/mol. The van der Waals surface area contributed by atoms with E-state index in [1.54, 1.807) is 20.1 Å². The summed E-state index contributed by atoms with van der Waals surface area (Å²) in [7, 11) is 0. The predicted molar refractivity (Wildman–Crippen MR) is 74.0 cm³/mol. The molecule has 0 radical (unpaired) electrons. The Balaban J connectivity index is 1.84. The molecule has 2 aromatic rings. The van der Waals surface area contributed by atoms with Crippen molar-refractivity contribution >= 4 is 16.9 Å². The molecule has 102 valence electrons. The summed E-state index contributed by atoms with van der Waals surface area (Å²) in [5, 5.41) is 13.4. The van der Waals surface area contributed by atoms with Crippen LogP contribution in [0.5, 0.6) is 0 Å². The van der Waals surface area contributed by atoms with Crippen molar-refractivity contribution in [1.29, 1.82) is 0 Å². The smallest absolute Gasteiger partial charge is 0.309 e. The van der Waals surface area contributed by atoms with Crippen molar-refractivity contribution in [3.05, 3.63) is 36.1 Å². The molecule has 0 aliphatic carbocycles. The van der Waals surface area contributed by atoms with E-state index in [0.29, 0.717) is 13.0 Å². The zero-order valence-corrected chi connectivity index (χ0v) is 11.3. The van der Waals surface area contributed by atoms with Crippen molar-refractivity contribution in [2.24, 2.45) is 5.41 Å². The minimum absolute atomic E-state index is 0.607. The van der Waals surface area contributed by atoms with Gasteiger partial charge in [0, 0.05) is 11.9 Å². The number of carboxylic acids is 1. The number of fused-ring (bicyclic) bond motifs is 1. The number of benzene rings is 1. The van der Waals surface area contributed by atoms with Crippen molar-refractivity contribution in [3.8, 4) is 0 Å². The average Bonchev–Trinajstić information content (AvgIpc) is 2.81. The van der Waals surface area contributed by atoms with Crippen molar-refractivity contribution in [2.75, 3.05) is 6.54 Å². The van der Waals surface area contributed by atoms with Crippen LogP contribution in [0.2, 0.25) is 0 Å². The van der Waals surface area contributed by atoms with Crippen LogP contribution in [0.3, 0.4) is 0 Å². The van der Waals surface area contributed by atoms with E-state index >= 15 is 0 Å². The third-order valence-electron chi connectivity index (χ3n) is 3.35. The molecule has 2 rings (SSSR count). The quantitative estimate of drug-likeness (QED) is 0.785. The van der Waals surface area contributed by atoms with E-state index in [1.165, 1.54) is 5.56 Å². The van der Waals surface area contributed by atoms with Crippen LogP contribution in [-0.4, -0.2) is 17.6 Å². The molecule has 1 heterocycles. The molecular weight excluding hydrogens is 242 g/mol. The molecule has 19 heavy (non-hydrogen) atoms. The highest BCUT2D eigenvalue weighted by Crippen LogP contribution is 2.20. The zero-order valence-electron chi connectivity index (χ0n) is 11.3. The Kier molecular flexibility index (Phi) is 3.90. The molecule has 0 fully saturated rings. The second-order valence-corrected chi connectivity index (χ2v) is 5.41. The molecule has 0 unspecified atom stereocenters. The summed E-state index contributed by atoms with van der Waals surface area (Å²) in [4.78, 5) is 11.0. The molecule has 0 saturated carbocycles. The molecule has 2 N–H and O–H groups in total. The van der Waals surface area contributed by atoms with Gasteiger partial charge in [-0.15, -0.1) is 0 Å². The first kappa shape index (κ1) is 13.6. The van der Waals surface area contributed by atoms with E-state index in [-0.39, 0.29) is 0 Å². The lowest BCUT2D eigenvalue weighted by Crippen LogP contribution is -2.28. The maximum Gasteiger partial charge on any atom is 0.309 e. The van der Waals surface area contributed by atoms with Crippen LogP contribution >= 0.6 is 0 Å². The van der Waals surface area contributed by atoms with Crippen molar-refractivity contribution < 1.29 is 14.3 Å². The minimum atomic E-state index is -0.755. The van der Waals surface area contributed by atoms with Crippen LogP contribution in [0.1, 0.15) is 25.8 Å². The number of carbonyl (C=O) groups is 1. The first-order valence-electron chi connectivity index (χ1n) is 6.39. The first-order chi connectivity index (χ1) is 8.99. The lowest BCUT2D eigenvalue weighted by Gasteiger charge is -2.18. The van der Waals surface area contributed by atoms with Gasteiger partial charge < -0.3 is 14.8 Å². The van der Waals surface area contributed by atoms with Crippen LogP contribution in [0.25, 0.3) is 11.0 Å². The standard InChI is InChI=1S/C15H19NO3/c1-15(2,14(17)18)6-7-16-10-11-3-4-13-12(9-11)5-8-19-13/h3-5,8-9,16H,6-7,10H2,1-2H3,(H,17,18). The molecule has 0 saturated heterocycles. The Labute approximate surface area is 112 Å². The number of furan rings is 1. The number of aliphatic carboxylic acids is 1. The van der Waals surface area contributed by atoms with Crippen molar-refractivity contribution in [3.63, 3.8) is 0 Å². The summed E-state index contributed by atoms with van der Waals surface area (Å²) in [6, 6.07) is 7.98. The predicted octanol–water partition coefficient (Wildman–Crippen LogP) is 3.02. The van der Waals surface area contributed by atoms with Crippen molar-refractivity contribution in [2.45, 2.75) is 26.8 Å². The molecule has 0 bridgehead atoms. The summed E-state index contributed by atoms with van der Waals surface area (Å²) < 4.78 is 5.28. The van der Waals surface area contributed by atoms with E-state index < -0.39 is 11.4 Å². The third-order valence-corrected chi connectivity index (χ3v) is 3.35. The maximum absolute atomic E-state index is 11.0. The highest BCUT2D eigenvalue weighted by atomic mass is 16.4. The van der Waals surface area contributed by atoms with E-state index in [9.17, 15) is 4.79 Å². The van der Waals surface area contributed by atoms with Gasteiger partial charge in [0.05, 0.1) is 11.7 Å². The van der Waals surface area contributed by atoms with Gasteiger partial charge in [0.1, 0.15) is 5.58 Å². The molecule has 0 atom stereocenters. The molecular formula is C15H19NO3. The van der Waals surface area contributed by atoms with Crippen LogP contribution < -0.4 is 5.32 Å². The number of carboxylic acid groups (broad SMARTS) is 1. The lowest BCUT2D eigenvalue weighted by atomic mass is 9.90. The van der Waals surface area contributed by atoms with Gasteiger partial charge in [-0.05, 0) is 50.6 Å². The Hall–Kier alpha value is -1.81. The summed E-state index contributed by atoms with van der Waals surface area (Å²) >= 11 is 0. The Morgan fingerprint density at radius 1 is 1.37 bits per heavy atom. The highest BCUT2D eigenvalue weighted by molar-refractivity contribution is 5.77. The van der Waals surface area contributed by atoms with Gasteiger partial charge in [-0.1, -0.05) is 6.07 Å². The van der Waals surface area contributed by atoms with Gasteiger partial charge in [0.25, 0.3) is 0 Å². The molecule has 0 amide bonds. The monoisotopic (exact) mass is 261 g/mol. The van der Waals surface area contributed by atoms with Gasteiger partial charge in [0.2, 0.25) is 0 Å². The molecule has 4 heteroatoms. The fraction of sp³-hybridized carbons (Fsp3) is 0.400. The maximum atomic E-state index is 11.0. The summed E-state index contributed by atoms with van der Waals surface area (Å²) in [6.07, 6.45) is 2.29. The summed E-state index contributed by atoms with van der Waals surface area (Å²) in [5.41, 5.74) is 1.37. The van der Waals surface area contributed by atoms with E-state index in [1.807, 2.05) is 18.2 Å². The Bertz CT molecular complexity index is 572. The van der Waals surface area contributed by atoms with E-state index in [0.717, 1.165) is 17.5 Å². The third kappa shape index (κ3) is 3.35. The molecule has 0 spiro atoms. The summed E-state index contributed by atoms with van der Waals surface area (Å²) in [5.74, 6) is -0.755. The van der Waals surface area contributed by atoms with Gasteiger partial charge in [-0.2, -0.15) is 0 Å². The molecule has 1 aromatic heterocycles. The van der Waals surface area contributed by atoms with Crippen LogP contribution in [0.15, 0.2) is 34.9 Å². The molecule has 0 aliphatic heterocycles. The van der Waals surface area contributed by atoms with Gasteiger partial charge in [0.15, 0.2) is 0 Å². The second kappa shape index (κ2) is 5.45. The van der Waals surface area contributed by atoms with Gasteiger partial charge in [-0.25, -0.2) is 0 Å². The largest absolute Gasteiger partial charge is 0.481 e. The fourth-order valence-corrected chi connectivity index (χ4v) is 1.87. The molecule has 1 aromatic carbocycles. The normalized spacial score (nSPS) is 11.9. The highest BCUT2D eigenvalue weighted by Gasteiger charge is 2.25. The summed E-state index contributed by atoms with van der Waals surface area (Å²) in [6.45, 7) is 4.91. The van der Waals surface area contributed by atoms with Crippen LogP contribution in [0.4, 0.5) is 0 Å². The number of rotatable bonds is 6. The molecule has 4 nitrogen and oxygen atoms in total. The number of nitrogens with one attached hydrogen (secondary N) is 1. The fourth-order valence-electron chi connectivity index (χ4n) is 1.87. The van der Waals surface area contributed by atoms with Crippen LogP contribution in [0, 0.1) is 5.41 Å². The number of hydrogen-bond acceptors (Lipinski definition) is 3. The zero-order chi connectivity index (χ0) is 13.9. The van der Waals surface area contributed by atoms with Crippen molar-refractivity contribution in [1.82, 2.24) is 5.32 Å².